The van der Waals surface area contributed by atoms with E-state index in [1.807, 2.05) is 37.6 Å². The Bertz CT molecular complexity index is 1250. The van der Waals surface area contributed by atoms with Crippen LogP contribution in [0.5, 0.6) is 0 Å². The summed E-state index contributed by atoms with van der Waals surface area (Å²) in [6.07, 6.45) is 7.74. The maximum Gasteiger partial charge on any atom is 0.258 e. The zero-order valence-electron chi connectivity index (χ0n) is 16.7. The van der Waals surface area contributed by atoms with E-state index < -0.39 is 0 Å². The Balaban J connectivity index is 1.50. The highest BCUT2D eigenvalue weighted by atomic mass is 16.1. The molecule has 0 spiro atoms. The molecule has 7 heteroatoms. The Labute approximate surface area is 168 Å². The number of aryl methyl sites for hydroxylation is 1. The van der Waals surface area contributed by atoms with E-state index in [9.17, 15) is 4.79 Å². The van der Waals surface area contributed by atoms with E-state index in [0.29, 0.717) is 17.3 Å². The van der Waals surface area contributed by atoms with E-state index in [2.05, 4.69) is 21.9 Å². The van der Waals surface area contributed by atoms with Crippen LogP contribution in [0, 0.1) is 0 Å². The summed E-state index contributed by atoms with van der Waals surface area (Å²) >= 11 is 0. The van der Waals surface area contributed by atoms with Gasteiger partial charge >= 0.3 is 0 Å². The molecule has 4 heterocycles. The first-order chi connectivity index (χ1) is 14.1. The summed E-state index contributed by atoms with van der Waals surface area (Å²) in [6, 6.07) is 7.53. The highest BCUT2D eigenvalue weighted by molar-refractivity contribution is 5.83. The van der Waals surface area contributed by atoms with Gasteiger partial charge in [0.1, 0.15) is 0 Å². The highest BCUT2D eigenvalue weighted by Gasteiger charge is 2.21. The Morgan fingerprint density at radius 2 is 1.97 bits per heavy atom. The van der Waals surface area contributed by atoms with Crippen molar-refractivity contribution in [2.45, 2.75) is 25.7 Å². The van der Waals surface area contributed by atoms with E-state index in [0.717, 1.165) is 54.6 Å². The first-order valence-corrected chi connectivity index (χ1v) is 10.2. The molecule has 0 bridgehead atoms. The fourth-order valence-electron chi connectivity index (χ4n) is 4.24. The standard InChI is InChI=1S/C22H24N6O/c1-3-27-8-6-15(7-9-27)20-14-28-21(12-23-20)24-19(11-22(28)29)16-4-5-18-17(10-16)13-26(2)25-18/h4-5,10-15H,3,6-9H2,1-2H3. The largest absolute Gasteiger partial charge is 0.304 e. The first kappa shape index (κ1) is 18.0. The van der Waals surface area contributed by atoms with Crippen LogP contribution in [0.1, 0.15) is 31.4 Å². The van der Waals surface area contributed by atoms with Gasteiger partial charge in [-0.1, -0.05) is 13.0 Å². The zero-order chi connectivity index (χ0) is 20.0. The molecule has 5 rings (SSSR count). The lowest BCUT2D eigenvalue weighted by Gasteiger charge is -2.30. The van der Waals surface area contributed by atoms with Gasteiger partial charge in [-0.15, -0.1) is 0 Å². The van der Waals surface area contributed by atoms with Crippen molar-refractivity contribution in [2.75, 3.05) is 19.6 Å². The van der Waals surface area contributed by atoms with Crippen LogP contribution in [0.3, 0.4) is 0 Å². The number of benzene rings is 1. The number of hydrogen-bond acceptors (Lipinski definition) is 5. The van der Waals surface area contributed by atoms with E-state index in [-0.39, 0.29) is 5.56 Å². The van der Waals surface area contributed by atoms with Crippen LogP contribution in [-0.2, 0) is 7.05 Å². The molecule has 148 valence electrons. The molecular weight excluding hydrogens is 364 g/mol. The third-order valence-electron chi connectivity index (χ3n) is 5.94. The Hall–Kier alpha value is -3.06. The number of nitrogens with zero attached hydrogens (tertiary/aromatic N) is 6. The molecule has 0 N–H and O–H groups in total. The van der Waals surface area contributed by atoms with E-state index in [4.69, 9.17) is 4.98 Å². The van der Waals surface area contributed by atoms with Crippen molar-refractivity contribution < 1.29 is 0 Å². The van der Waals surface area contributed by atoms with Gasteiger partial charge in [-0.25, -0.2) is 4.98 Å². The lowest BCUT2D eigenvalue weighted by molar-refractivity contribution is 0.220. The third-order valence-corrected chi connectivity index (χ3v) is 5.94. The van der Waals surface area contributed by atoms with Gasteiger partial charge in [0.25, 0.3) is 5.56 Å². The minimum Gasteiger partial charge on any atom is -0.304 e. The van der Waals surface area contributed by atoms with Gasteiger partial charge in [-0.3, -0.25) is 18.9 Å². The molecule has 0 amide bonds. The van der Waals surface area contributed by atoms with Crippen molar-refractivity contribution in [1.82, 2.24) is 29.0 Å². The number of rotatable bonds is 3. The zero-order valence-corrected chi connectivity index (χ0v) is 16.7. The minimum atomic E-state index is -0.0778. The van der Waals surface area contributed by atoms with Gasteiger partial charge in [0.15, 0.2) is 5.65 Å². The number of aromatic nitrogens is 5. The molecule has 1 aliphatic heterocycles. The third kappa shape index (κ3) is 3.31. The van der Waals surface area contributed by atoms with Crippen LogP contribution in [0.15, 0.2) is 47.7 Å². The minimum absolute atomic E-state index is 0.0778. The first-order valence-electron chi connectivity index (χ1n) is 10.2. The molecule has 0 atom stereocenters. The summed E-state index contributed by atoms with van der Waals surface area (Å²) in [5.74, 6) is 0.404. The SMILES string of the molecule is CCN1CCC(c2cn3c(=O)cc(-c4ccc5nn(C)cc5c4)nc3cn2)CC1. The van der Waals surface area contributed by atoms with Crippen LogP contribution in [0.2, 0.25) is 0 Å². The van der Waals surface area contributed by atoms with Crippen molar-refractivity contribution in [3.05, 3.63) is 58.9 Å². The molecule has 0 radical (unpaired) electrons. The van der Waals surface area contributed by atoms with Gasteiger partial charge in [-0.05, 0) is 44.6 Å². The lowest BCUT2D eigenvalue weighted by atomic mass is 9.94. The normalized spacial score (nSPS) is 16.1. The van der Waals surface area contributed by atoms with E-state index >= 15 is 0 Å². The molecular formula is C22H24N6O. The van der Waals surface area contributed by atoms with Gasteiger partial charge < -0.3 is 4.90 Å². The Kier molecular flexibility index (Phi) is 4.39. The number of hydrogen-bond donors (Lipinski definition) is 0. The second-order valence-electron chi connectivity index (χ2n) is 7.80. The maximum absolute atomic E-state index is 12.8. The van der Waals surface area contributed by atoms with E-state index in [1.54, 1.807) is 21.3 Å². The molecule has 1 aliphatic rings. The summed E-state index contributed by atoms with van der Waals surface area (Å²) in [6.45, 7) is 5.46. The van der Waals surface area contributed by atoms with E-state index in [1.165, 1.54) is 0 Å². The monoisotopic (exact) mass is 388 g/mol. The molecule has 0 aliphatic carbocycles. The fourth-order valence-corrected chi connectivity index (χ4v) is 4.24. The van der Waals surface area contributed by atoms with Crippen molar-refractivity contribution >= 4 is 16.6 Å². The van der Waals surface area contributed by atoms with Crippen molar-refractivity contribution in [2.24, 2.45) is 7.05 Å². The van der Waals surface area contributed by atoms with Crippen LogP contribution >= 0.6 is 0 Å². The maximum atomic E-state index is 12.8. The molecule has 4 aromatic rings. The fraction of sp³-hybridized carbons (Fsp3) is 0.364. The summed E-state index contributed by atoms with van der Waals surface area (Å²) in [5.41, 5.74) is 3.97. The predicted molar refractivity (Wildman–Crippen MR) is 113 cm³/mol. The van der Waals surface area contributed by atoms with Crippen LogP contribution in [0.4, 0.5) is 0 Å². The summed E-state index contributed by atoms with van der Waals surface area (Å²) in [4.78, 5) is 24.7. The van der Waals surface area contributed by atoms with Crippen molar-refractivity contribution in [3.63, 3.8) is 0 Å². The predicted octanol–water partition coefficient (Wildman–Crippen LogP) is 2.84. The molecule has 1 saturated heterocycles. The summed E-state index contributed by atoms with van der Waals surface area (Å²) in [7, 11) is 1.90. The van der Waals surface area contributed by atoms with Gasteiger partial charge in [0.05, 0.1) is 23.1 Å². The molecule has 0 unspecified atom stereocenters. The summed E-state index contributed by atoms with van der Waals surface area (Å²) < 4.78 is 3.41. The van der Waals surface area contributed by atoms with Crippen LogP contribution < -0.4 is 5.56 Å². The smallest absolute Gasteiger partial charge is 0.258 e. The van der Waals surface area contributed by atoms with Crippen molar-refractivity contribution in [3.8, 4) is 11.3 Å². The topological polar surface area (TPSA) is 68.3 Å². The van der Waals surface area contributed by atoms with Gasteiger partial charge in [0, 0.05) is 42.4 Å². The highest BCUT2D eigenvalue weighted by Crippen LogP contribution is 2.27. The lowest BCUT2D eigenvalue weighted by Crippen LogP contribution is -2.33. The molecule has 1 aromatic carbocycles. The van der Waals surface area contributed by atoms with Crippen molar-refractivity contribution in [1.29, 1.82) is 0 Å². The molecule has 3 aromatic heterocycles. The molecule has 1 fully saturated rings. The second-order valence-corrected chi connectivity index (χ2v) is 7.80. The Morgan fingerprint density at radius 3 is 2.76 bits per heavy atom. The van der Waals surface area contributed by atoms with Crippen LogP contribution in [-0.4, -0.2) is 48.7 Å². The molecule has 7 nitrogen and oxygen atoms in total. The number of likely N-dealkylation sites (tertiary alicyclic amines) is 1. The summed E-state index contributed by atoms with van der Waals surface area (Å²) in [5, 5.41) is 5.42. The average Bonchev–Trinajstić information content (AvgIpc) is 3.12. The van der Waals surface area contributed by atoms with Gasteiger partial charge in [-0.2, -0.15) is 5.10 Å². The second kappa shape index (κ2) is 7.08. The van der Waals surface area contributed by atoms with Gasteiger partial charge in [0.2, 0.25) is 0 Å². The number of fused-ring (bicyclic) bond motifs is 2. The Morgan fingerprint density at radius 1 is 1.14 bits per heavy atom. The molecule has 29 heavy (non-hydrogen) atoms. The molecule has 0 saturated carbocycles. The van der Waals surface area contributed by atoms with Crippen LogP contribution in [0.25, 0.3) is 27.8 Å². The number of piperidine rings is 1. The quantitative estimate of drug-likeness (QED) is 0.540. The average molecular weight is 388 g/mol.